The Kier molecular flexibility index (Phi) is 3.40. The van der Waals surface area contributed by atoms with Crippen LogP contribution in [-0.4, -0.2) is 36.7 Å². The summed E-state index contributed by atoms with van der Waals surface area (Å²) in [4.78, 5) is 17.2. The fourth-order valence-corrected chi connectivity index (χ4v) is 2.21. The number of carbonyl (C=O) groups is 1. The number of carbonyl (C=O) groups excluding carboxylic acids is 1. The van der Waals surface area contributed by atoms with E-state index in [0.29, 0.717) is 19.8 Å². The molecule has 0 spiro atoms. The van der Waals surface area contributed by atoms with Crippen molar-refractivity contribution in [2.24, 2.45) is 5.73 Å². The van der Waals surface area contributed by atoms with Crippen LogP contribution in [0.2, 0.25) is 0 Å². The summed E-state index contributed by atoms with van der Waals surface area (Å²) in [7, 11) is 0. The molecule has 86 valence electrons. The lowest BCUT2D eigenvalue weighted by atomic mass is 10.2. The first-order valence-electron chi connectivity index (χ1n) is 4.93. The summed E-state index contributed by atoms with van der Waals surface area (Å²) < 4.78 is 6.11. The molecule has 6 heteroatoms. The Morgan fingerprint density at radius 3 is 3.19 bits per heavy atom. The number of hydrogen-bond donors (Lipinski definition) is 1. The predicted molar refractivity (Wildman–Crippen MR) is 63.1 cm³/mol. The van der Waals surface area contributed by atoms with Crippen molar-refractivity contribution in [1.29, 1.82) is 0 Å². The molecule has 2 N–H and O–H groups in total. The molecule has 0 saturated carbocycles. The average molecular weight is 286 g/mol. The minimum Gasteiger partial charge on any atom is -0.377 e. The molecule has 16 heavy (non-hydrogen) atoms. The molecular formula is C10H12BrN3O2. The van der Waals surface area contributed by atoms with E-state index in [1.54, 1.807) is 12.4 Å². The number of morpholine rings is 1. The van der Waals surface area contributed by atoms with Crippen LogP contribution in [0, 0.1) is 0 Å². The molecule has 1 unspecified atom stereocenters. The van der Waals surface area contributed by atoms with Crippen LogP contribution in [0.1, 0.15) is 0 Å². The van der Waals surface area contributed by atoms with Gasteiger partial charge in [0, 0.05) is 18.9 Å². The van der Waals surface area contributed by atoms with E-state index >= 15 is 0 Å². The molecule has 2 rings (SSSR count). The van der Waals surface area contributed by atoms with Crippen LogP contribution in [0.5, 0.6) is 0 Å². The van der Waals surface area contributed by atoms with Crippen LogP contribution in [-0.2, 0) is 9.53 Å². The smallest absolute Gasteiger partial charge is 0.242 e. The molecule has 1 amide bonds. The molecular weight excluding hydrogens is 274 g/mol. The standard InChI is InChI=1S/C10H12BrN3O2/c11-7-5-13-2-1-8(7)14-3-4-16-6-9(14)10(12)15/h1-2,5,9H,3-4,6H2,(H2,12,15). The second-order valence-corrected chi connectivity index (χ2v) is 4.37. The fraction of sp³-hybridized carbons (Fsp3) is 0.400. The van der Waals surface area contributed by atoms with E-state index in [4.69, 9.17) is 10.5 Å². The van der Waals surface area contributed by atoms with E-state index < -0.39 is 6.04 Å². The van der Waals surface area contributed by atoms with Gasteiger partial charge in [0.15, 0.2) is 0 Å². The van der Waals surface area contributed by atoms with E-state index in [1.807, 2.05) is 11.0 Å². The lowest BCUT2D eigenvalue weighted by Gasteiger charge is -2.35. The van der Waals surface area contributed by atoms with E-state index in [1.165, 1.54) is 0 Å². The Morgan fingerprint density at radius 1 is 1.69 bits per heavy atom. The summed E-state index contributed by atoms with van der Waals surface area (Å²) in [5.74, 6) is -0.372. The van der Waals surface area contributed by atoms with Crippen molar-refractivity contribution < 1.29 is 9.53 Å². The second kappa shape index (κ2) is 4.80. The Morgan fingerprint density at radius 2 is 2.50 bits per heavy atom. The third-order valence-corrected chi connectivity index (χ3v) is 3.13. The number of aromatic nitrogens is 1. The summed E-state index contributed by atoms with van der Waals surface area (Å²) in [5, 5.41) is 0. The first kappa shape index (κ1) is 11.3. The van der Waals surface area contributed by atoms with Gasteiger partial charge in [-0.1, -0.05) is 0 Å². The molecule has 0 radical (unpaired) electrons. The summed E-state index contributed by atoms with van der Waals surface area (Å²) >= 11 is 3.41. The van der Waals surface area contributed by atoms with Gasteiger partial charge in [0.05, 0.1) is 23.4 Å². The van der Waals surface area contributed by atoms with Crippen LogP contribution in [0.25, 0.3) is 0 Å². The highest BCUT2D eigenvalue weighted by Crippen LogP contribution is 2.27. The normalized spacial score (nSPS) is 20.8. The summed E-state index contributed by atoms with van der Waals surface area (Å²) in [5.41, 5.74) is 6.27. The van der Waals surface area contributed by atoms with Gasteiger partial charge in [-0.2, -0.15) is 0 Å². The van der Waals surface area contributed by atoms with Crippen molar-refractivity contribution in [3.8, 4) is 0 Å². The molecule has 5 nitrogen and oxygen atoms in total. The lowest BCUT2D eigenvalue weighted by molar-refractivity contribution is -0.121. The predicted octanol–water partition coefficient (Wildman–Crippen LogP) is 0.535. The lowest BCUT2D eigenvalue weighted by Crippen LogP contribution is -2.52. The number of rotatable bonds is 2. The number of nitrogens with two attached hydrogens (primary N) is 1. The Balaban J connectivity index is 2.30. The van der Waals surface area contributed by atoms with Crippen molar-refractivity contribution in [2.75, 3.05) is 24.7 Å². The van der Waals surface area contributed by atoms with E-state index in [2.05, 4.69) is 20.9 Å². The zero-order chi connectivity index (χ0) is 11.5. The molecule has 2 heterocycles. The van der Waals surface area contributed by atoms with Gasteiger partial charge in [-0.15, -0.1) is 0 Å². The third kappa shape index (κ3) is 2.17. The number of hydrogen-bond acceptors (Lipinski definition) is 4. The highest BCUT2D eigenvalue weighted by Gasteiger charge is 2.28. The molecule has 0 aromatic carbocycles. The van der Waals surface area contributed by atoms with E-state index in [-0.39, 0.29) is 5.91 Å². The highest BCUT2D eigenvalue weighted by atomic mass is 79.9. The Hall–Kier alpha value is -1.14. The van der Waals surface area contributed by atoms with Gasteiger partial charge in [0.2, 0.25) is 5.91 Å². The van der Waals surface area contributed by atoms with Gasteiger partial charge in [0.25, 0.3) is 0 Å². The number of anilines is 1. The van der Waals surface area contributed by atoms with Crippen LogP contribution in [0.3, 0.4) is 0 Å². The summed E-state index contributed by atoms with van der Waals surface area (Å²) in [6.07, 6.45) is 3.39. The number of ether oxygens (including phenoxy) is 1. The largest absolute Gasteiger partial charge is 0.377 e. The average Bonchev–Trinajstić information content (AvgIpc) is 2.29. The molecule has 1 fully saturated rings. The van der Waals surface area contributed by atoms with E-state index in [9.17, 15) is 4.79 Å². The van der Waals surface area contributed by atoms with Gasteiger partial charge >= 0.3 is 0 Å². The molecule has 0 aliphatic carbocycles. The van der Waals surface area contributed by atoms with Gasteiger partial charge in [-0.3, -0.25) is 9.78 Å². The van der Waals surface area contributed by atoms with Crippen LogP contribution < -0.4 is 10.6 Å². The quantitative estimate of drug-likeness (QED) is 0.861. The number of amides is 1. The van der Waals surface area contributed by atoms with Crippen molar-refractivity contribution in [2.45, 2.75) is 6.04 Å². The monoisotopic (exact) mass is 285 g/mol. The van der Waals surface area contributed by atoms with Crippen LogP contribution >= 0.6 is 15.9 Å². The molecule has 1 aromatic heterocycles. The van der Waals surface area contributed by atoms with Crippen LogP contribution in [0.4, 0.5) is 5.69 Å². The maximum atomic E-state index is 11.3. The molecule has 0 bridgehead atoms. The van der Waals surface area contributed by atoms with Crippen molar-refractivity contribution >= 4 is 27.5 Å². The van der Waals surface area contributed by atoms with Crippen molar-refractivity contribution in [1.82, 2.24) is 4.98 Å². The number of halogens is 1. The fourth-order valence-electron chi connectivity index (χ4n) is 1.73. The zero-order valence-electron chi connectivity index (χ0n) is 8.60. The maximum absolute atomic E-state index is 11.3. The van der Waals surface area contributed by atoms with Gasteiger partial charge in [0.1, 0.15) is 6.04 Å². The van der Waals surface area contributed by atoms with Crippen molar-refractivity contribution in [3.63, 3.8) is 0 Å². The first-order chi connectivity index (χ1) is 7.70. The van der Waals surface area contributed by atoms with Gasteiger partial charge < -0.3 is 15.4 Å². The zero-order valence-corrected chi connectivity index (χ0v) is 10.2. The number of pyridine rings is 1. The summed E-state index contributed by atoms with van der Waals surface area (Å²) in [6, 6.07) is 1.44. The third-order valence-electron chi connectivity index (χ3n) is 2.52. The molecule has 1 aliphatic heterocycles. The topological polar surface area (TPSA) is 68.5 Å². The molecule has 1 saturated heterocycles. The first-order valence-corrected chi connectivity index (χ1v) is 5.72. The molecule has 1 atom stereocenters. The Labute approximate surface area is 102 Å². The van der Waals surface area contributed by atoms with Crippen LogP contribution in [0.15, 0.2) is 22.9 Å². The van der Waals surface area contributed by atoms with Gasteiger partial charge in [-0.25, -0.2) is 0 Å². The van der Waals surface area contributed by atoms with E-state index in [0.717, 1.165) is 10.2 Å². The minimum absolute atomic E-state index is 0.337. The molecule has 1 aliphatic rings. The molecule has 1 aromatic rings. The second-order valence-electron chi connectivity index (χ2n) is 3.51. The number of primary amides is 1. The SMILES string of the molecule is NC(=O)C1COCCN1c1ccncc1Br. The highest BCUT2D eigenvalue weighted by molar-refractivity contribution is 9.10. The van der Waals surface area contributed by atoms with Gasteiger partial charge in [-0.05, 0) is 22.0 Å². The Bertz CT molecular complexity index is 399. The number of nitrogens with zero attached hydrogens (tertiary/aromatic N) is 2. The minimum atomic E-state index is -0.410. The van der Waals surface area contributed by atoms with Crippen molar-refractivity contribution in [3.05, 3.63) is 22.9 Å². The maximum Gasteiger partial charge on any atom is 0.242 e. The summed E-state index contributed by atoms with van der Waals surface area (Å²) in [6.45, 7) is 1.58.